The van der Waals surface area contributed by atoms with Gasteiger partial charge in [-0.1, -0.05) is 25.0 Å². The van der Waals surface area contributed by atoms with Crippen molar-refractivity contribution in [1.29, 1.82) is 0 Å². The zero-order valence-electron chi connectivity index (χ0n) is 9.34. The number of hydrogen-bond donors (Lipinski definition) is 1. The highest BCUT2D eigenvalue weighted by Crippen LogP contribution is 2.25. The van der Waals surface area contributed by atoms with E-state index < -0.39 is 0 Å². The number of terminal acetylenes is 1. The van der Waals surface area contributed by atoms with Crippen LogP contribution in [0.3, 0.4) is 0 Å². The van der Waals surface area contributed by atoms with Gasteiger partial charge in [0.25, 0.3) is 0 Å². The maximum atomic E-state index is 5.68. The molecule has 0 saturated heterocycles. The molecular weight excluding hydrogens is 186 g/mol. The molecule has 0 unspecified atom stereocenters. The van der Waals surface area contributed by atoms with Gasteiger partial charge >= 0.3 is 0 Å². The second kappa shape index (κ2) is 5.43. The Morgan fingerprint density at radius 2 is 2.20 bits per heavy atom. The molecule has 0 aliphatic carbocycles. The predicted octanol–water partition coefficient (Wildman–Crippen LogP) is 2.03. The SMILES string of the molecule is C#CCOc1c(C)cc(CC)cc1CN. The van der Waals surface area contributed by atoms with E-state index in [9.17, 15) is 0 Å². The molecule has 0 aliphatic heterocycles. The number of ether oxygens (including phenoxy) is 1. The Labute approximate surface area is 91.4 Å². The third-order valence-corrected chi connectivity index (χ3v) is 2.34. The van der Waals surface area contributed by atoms with E-state index in [0.717, 1.165) is 23.3 Å². The summed E-state index contributed by atoms with van der Waals surface area (Å²) in [5.41, 5.74) is 9.09. The highest BCUT2D eigenvalue weighted by Gasteiger charge is 2.07. The lowest BCUT2D eigenvalue weighted by molar-refractivity contribution is 0.363. The molecule has 1 aromatic rings. The van der Waals surface area contributed by atoms with Crippen LogP contribution in [0.5, 0.6) is 5.75 Å². The summed E-state index contributed by atoms with van der Waals surface area (Å²) < 4.78 is 5.49. The van der Waals surface area contributed by atoms with Gasteiger partial charge in [-0.15, -0.1) is 6.42 Å². The molecule has 80 valence electrons. The van der Waals surface area contributed by atoms with Crippen molar-refractivity contribution in [2.75, 3.05) is 6.61 Å². The minimum absolute atomic E-state index is 0.291. The number of hydrogen-bond acceptors (Lipinski definition) is 2. The van der Waals surface area contributed by atoms with Crippen LogP contribution in [-0.2, 0) is 13.0 Å². The van der Waals surface area contributed by atoms with Crippen LogP contribution >= 0.6 is 0 Å². The van der Waals surface area contributed by atoms with Gasteiger partial charge in [0, 0.05) is 12.1 Å². The Hall–Kier alpha value is -1.46. The number of rotatable bonds is 4. The summed E-state index contributed by atoms with van der Waals surface area (Å²) in [4.78, 5) is 0. The second-order valence-electron chi connectivity index (χ2n) is 3.45. The highest BCUT2D eigenvalue weighted by atomic mass is 16.5. The van der Waals surface area contributed by atoms with E-state index in [4.69, 9.17) is 16.9 Å². The van der Waals surface area contributed by atoms with Gasteiger partial charge in [-0.2, -0.15) is 0 Å². The molecule has 1 rings (SSSR count). The molecule has 0 aliphatic rings. The van der Waals surface area contributed by atoms with E-state index in [1.807, 2.05) is 6.92 Å². The fraction of sp³-hybridized carbons (Fsp3) is 0.385. The minimum atomic E-state index is 0.291. The minimum Gasteiger partial charge on any atom is -0.480 e. The Morgan fingerprint density at radius 3 is 2.73 bits per heavy atom. The summed E-state index contributed by atoms with van der Waals surface area (Å²) in [7, 11) is 0. The standard InChI is InChI=1S/C13H17NO/c1-4-6-15-13-10(3)7-11(5-2)8-12(13)9-14/h1,7-8H,5-6,9,14H2,2-3H3. The molecule has 0 heterocycles. The quantitative estimate of drug-likeness (QED) is 0.760. The van der Waals surface area contributed by atoms with Crippen molar-refractivity contribution in [1.82, 2.24) is 0 Å². The van der Waals surface area contributed by atoms with Gasteiger partial charge in [-0.05, 0) is 24.5 Å². The Balaban J connectivity index is 3.08. The fourth-order valence-corrected chi connectivity index (χ4v) is 1.60. The first-order valence-corrected chi connectivity index (χ1v) is 5.11. The summed E-state index contributed by atoms with van der Waals surface area (Å²) in [5.74, 6) is 3.30. The number of aryl methyl sites for hydroxylation is 2. The van der Waals surface area contributed by atoms with Crippen LogP contribution in [0.15, 0.2) is 12.1 Å². The first-order chi connectivity index (χ1) is 7.22. The summed E-state index contributed by atoms with van der Waals surface area (Å²) in [6, 6.07) is 4.20. The summed E-state index contributed by atoms with van der Waals surface area (Å²) >= 11 is 0. The lowest BCUT2D eigenvalue weighted by atomic mass is 10.0. The zero-order valence-corrected chi connectivity index (χ0v) is 9.34. The van der Waals surface area contributed by atoms with E-state index in [-0.39, 0.29) is 0 Å². The summed E-state index contributed by atoms with van der Waals surface area (Å²) in [6.45, 7) is 4.91. The monoisotopic (exact) mass is 203 g/mol. The van der Waals surface area contributed by atoms with Crippen molar-refractivity contribution in [3.8, 4) is 18.1 Å². The Bertz CT molecular complexity index is 377. The first kappa shape index (κ1) is 11.6. The number of nitrogens with two attached hydrogens (primary N) is 1. The molecule has 0 amide bonds. The number of benzene rings is 1. The van der Waals surface area contributed by atoms with Crippen LogP contribution in [0.4, 0.5) is 0 Å². The average Bonchev–Trinajstić information content (AvgIpc) is 2.26. The Kier molecular flexibility index (Phi) is 4.20. The molecule has 0 radical (unpaired) electrons. The van der Waals surface area contributed by atoms with Gasteiger partial charge in [-0.3, -0.25) is 0 Å². The van der Waals surface area contributed by atoms with Crippen molar-refractivity contribution in [3.05, 3.63) is 28.8 Å². The zero-order chi connectivity index (χ0) is 11.3. The molecule has 0 spiro atoms. The molecular formula is C13H17NO. The molecule has 0 bridgehead atoms. The largest absolute Gasteiger partial charge is 0.480 e. The summed E-state index contributed by atoms with van der Waals surface area (Å²) in [5, 5.41) is 0. The highest BCUT2D eigenvalue weighted by molar-refractivity contribution is 5.44. The lowest BCUT2D eigenvalue weighted by Crippen LogP contribution is -2.05. The van der Waals surface area contributed by atoms with Crippen LogP contribution in [0.25, 0.3) is 0 Å². The van der Waals surface area contributed by atoms with Crippen molar-refractivity contribution < 1.29 is 4.74 Å². The molecule has 2 N–H and O–H groups in total. The van der Waals surface area contributed by atoms with Crippen molar-refractivity contribution in [2.45, 2.75) is 26.8 Å². The van der Waals surface area contributed by atoms with E-state index in [1.165, 1.54) is 5.56 Å². The van der Waals surface area contributed by atoms with E-state index in [0.29, 0.717) is 13.2 Å². The van der Waals surface area contributed by atoms with Crippen molar-refractivity contribution >= 4 is 0 Å². The van der Waals surface area contributed by atoms with E-state index in [1.54, 1.807) is 0 Å². The summed E-state index contributed by atoms with van der Waals surface area (Å²) in [6.07, 6.45) is 6.17. The van der Waals surface area contributed by atoms with Gasteiger partial charge in [0.15, 0.2) is 0 Å². The van der Waals surface area contributed by atoms with Crippen molar-refractivity contribution in [2.24, 2.45) is 5.73 Å². The molecule has 1 aromatic carbocycles. The average molecular weight is 203 g/mol. The predicted molar refractivity (Wildman–Crippen MR) is 62.8 cm³/mol. The maximum absolute atomic E-state index is 5.68. The second-order valence-corrected chi connectivity index (χ2v) is 3.45. The molecule has 0 atom stereocenters. The van der Waals surface area contributed by atoms with Crippen LogP contribution in [-0.4, -0.2) is 6.61 Å². The van der Waals surface area contributed by atoms with Gasteiger partial charge in [-0.25, -0.2) is 0 Å². The molecule has 0 aromatic heterocycles. The third-order valence-electron chi connectivity index (χ3n) is 2.34. The van der Waals surface area contributed by atoms with E-state index >= 15 is 0 Å². The van der Waals surface area contributed by atoms with Gasteiger partial charge in [0.1, 0.15) is 12.4 Å². The van der Waals surface area contributed by atoms with Crippen LogP contribution < -0.4 is 10.5 Å². The van der Waals surface area contributed by atoms with Gasteiger partial charge in [0.05, 0.1) is 0 Å². The van der Waals surface area contributed by atoms with Gasteiger partial charge < -0.3 is 10.5 Å². The Morgan fingerprint density at radius 1 is 1.47 bits per heavy atom. The van der Waals surface area contributed by atoms with Crippen LogP contribution in [0.1, 0.15) is 23.6 Å². The van der Waals surface area contributed by atoms with Crippen molar-refractivity contribution in [3.63, 3.8) is 0 Å². The molecule has 0 saturated carbocycles. The molecule has 0 fully saturated rings. The molecule has 15 heavy (non-hydrogen) atoms. The lowest BCUT2D eigenvalue weighted by Gasteiger charge is -2.13. The normalized spacial score (nSPS) is 9.73. The maximum Gasteiger partial charge on any atom is 0.148 e. The first-order valence-electron chi connectivity index (χ1n) is 5.11. The third kappa shape index (κ3) is 2.74. The van der Waals surface area contributed by atoms with E-state index in [2.05, 4.69) is 25.0 Å². The molecule has 2 nitrogen and oxygen atoms in total. The smallest absolute Gasteiger partial charge is 0.148 e. The topological polar surface area (TPSA) is 35.2 Å². The fourth-order valence-electron chi connectivity index (χ4n) is 1.60. The van der Waals surface area contributed by atoms with Crippen LogP contribution in [0.2, 0.25) is 0 Å². The van der Waals surface area contributed by atoms with Crippen LogP contribution in [0, 0.1) is 19.3 Å². The van der Waals surface area contributed by atoms with Gasteiger partial charge in [0.2, 0.25) is 0 Å². The molecule has 2 heteroatoms.